The highest BCUT2D eigenvalue weighted by Gasteiger charge is 2.35. The van der Waals surface area contributed by atoms with Crippen LogP contribution in [0.3, 0.4) is 0 Å². The minimum Gasteiger partial charge on any atom is -0.350 e. The summed E-state index contributed by atoms with van der Waals surface area (Å²) in [6.45, 7) is 2.14. The second kappa shape index (κ2) is 3.50. The van der Waals surface area contributed by atoms with Crippen molar-refractivity contribution >= 4 is 17.7 Å². The molecule has 13 heavy (non-hydrogen) atoms. The lowest BCUT2D eigenvalue weighted by atomic mass is 9.78. The highest BCUT2D eigenvalue weighted by Crippen LogP contribution is 2.31. The molecule has 0 radical (unpaired) electrons. The smallest absolute Gasteiger partial charge is 0.238 e. The van der Waals surface area contributed by atoms with Gasteiger partial charge < -0.3 is 5.32 Å². The van der Waals surface area contributed by atoms with E-state index in [1.807, 2.05) is 0 Å². The number of amides is 1. The summed E-state index contributed by atoms with van der Waals surface area (Å²) in [7, 11) is 0. The molecule has 4 heteroatoms. The molecule has 1 heterocycles. The molecular weight excluding hydrogens is 184 g/mol. The Kier molecular flexibility index (Phi) is 2.51. The molecule has 3 nitrogen and oxygen atoms in total. The Hall–Kier alpha value is -0.220. The SMILES string of the molecule is CC1(NC(=O)C2CSCN2)CCC1. The predicted octanol–water partition coefficient (Wildman–Crippen LogP) is 0.708. The van der Waals surface area contributed by atoms with Crippen molar-refractivity contribution in [2.75, 3.05) is 11.6 Å². The lowest BCUT2D eigenvalue weighted by molar-refractivity contribution is -0.125. The average molecular weight is 200 g/mol. The Morgan fingerprint density at radius 3 is 2.85 bits per heavy atom. The fourth-order valence-electron chi connectivity index (χ4n) is 1.78. The van der Waals surface area contributed by atoms with Gasteiger partial charge in [0.2, 0.25) is 5.91 Å². The summed E-state index contributed by atoms with van der Waals surface area (Å²) in [5, 5.41) is 6.30. The number of carbonyl (C=O) groups is 1. The van der Waals surface area contributed by atoms with Crippen molar-refractivity contribution in [3.63, 3.8) is 0 Å². The van der Waals surface area contributed by atoms with Crippen molar-refractivity contribution in [1.82, 2.24) is 10.6 Å². The van der Waals surface area contributed by atoms with Crippen LogP contribution in [0.5, 0.6) is 0 Å². The van der Waals surface area contributed by atoms with Crippen LogP contribution in [-0.4, -0.2) is 29.1 Å². The zero-order valence-corrected chi connectivity index (χ0v) is 8.75. The van der Waals surface area contributed by atoms with Gasteiger partial charge in [0.25, 0.3) is 0 Å². The quantitative estimate of drug-likeness (QED) is 0.689. The third-order valence-electron chi connectivity index (χ3n) is 2.91. The molecule has 2 aliphatic rings. The molecule has 1 aliphatic carbocycles. The summed E-state index contributed by atoms with van der Waals surface area (Å²) in [6.07, 6.45) is 3.53. The number of hydrogen-bond donors (Lipinski definition) is 2. The van der Waals surface area contributed by atoms with Gasteiger partial charge in [-0.15, -0.1) is 11.8 Å². The summed E-state index contributed by atoms with van der Waals surface area (Å²) in [5.41, 5.74) is 0.103. The molecule has 1 unspecified atom stereocenters. The fourth-order valence-corrected chi connectivity index (χ4v) is 2.72. The molecule has 0 bridgehead atoms. The van der Waals surface area contributed by atoms with E-state index in [1.165, 1.54) is 6.42 Å². The summed E-state index contributed by atoms with van der Waals surface area (Å²) >= 11 is 1.79. The minimum atomic E-state index is 0.0439. The summed E-state index contributed by atoms with van der Waals surface area (Å²) < 4.78 is 0. The Bertz CT molecular complexity index is 210. The van der Waals surface area contributed by atoms with Crippen molar-refractivity contribution in [2.45, 2.75) is 37.8 Å². The first kappa shape index (κ1) is 9.34. The van der Waals surface area contributed by atoms with Gasteiger partial charge in [-0.25, -0.2) is 0 Å². The van der Waals surface area contributed by atoms with E-state index >= 15 is 0 Å². The number of hydrogen-bond acceptors (Lipinski definition) is 3. The largest absolute Gasteiger partial charge is 0.350 e. The van der Waals surface area contributed by atoms with Crippen LogP contribution in [0, 0.1) is 0 Å². The normalized spacial score (nSPS) is 31.0. The van der Waals surface area contributed by atoms with Gasteiger partial charge in [-0.2, -0.15) is 0 Å². The van der Waals surface area contributed by atoms with Crippen LogP contribution in [0.2, 0.25) is 0 Å². The standard InChI is InChI=1S/C9H16N2OS/c1-9(3-2-4-9)11-8(12)7-5-13-6-10-7/h7,10H,2-6H2,1H3,(H,11,12). The molecule has 1 amide bonds. The van der Waals surface area contributed by atoms with Crippen LogP contribution in [0.25, 0.3) is 0 Å². The Morgan fingerprint density at radius 2 is 2.38 bits per heavy atom. The van der Waals surface area contributed by atoms with Crippen LogP contribution >= 0.6 is 11.8 Å². The lowest BCUT2D eigenvalue weighted by Crippen LogP contribution is -2.55. The molecule has 0 aromatic heterocycles. The summed E-state index contributed by atoms with van der Waals surface area (Å²) in [5.74, 6) is 2.02. The molecule has 0 spiro atoms. The maximum absolute atomic E-state index is 11.7. The van der Waals surface area contributed by atoms with Gasteiger partial charge >= 0.3 is 0 Å². The number of nitrogens with one attached hydrogen (secondary N) is 2. The molecule has 2 fully saturated rings. The lowest BCUT2D eigenvalue weighted by Gasteiger charge is -2.39. The van der Waals surface area contributed by atoms with Crippen LogP contribution in [0.4, 0.5) is 0 Å². The fraction of sp³-hybridized carbons (Fsp3) is 0.889. The number of carbonyl (C=O) groups excluding carboxylic acids is 1. The molecule has 2 N–H and O–H groups in total. The van der Waals surface area contributed by atoms with Crippen molar-refractivity contribution in [2.24, 2.45) is 0 Å². The summed E-state index contributed by atoms with van der Waals surface area (Å²) in [6, 6.07) is 0.0439. The molecule has 74 valence electrons. The third-order valence-corrected chi connectivity index (χ3v) is 3.85. The van der Waals surface area contributed by atoms with Crippen LogP contribution < -0.4 is 10.6 Å². The van der Waals surface area contributed by atoms with Gasteiger partial charge in [-0.05, 0) is 26.2 Å². The second-order valence-corrected chi connectivity index (χ2v) is 5.21. The van der Waals surface area contributed by atoms with E-state index in [0.29, 0.717) is 0 Å². The van der Waals surface area contributed by atoms with Crippen LogP contribution in [0.1, 0.15) is 26.2 Å². The molecule has 1 aliphatic heterocycles. The zero-order valence-electron chi connectivity index (χ0n) is 7.93. The molecular formula is C9H16N2OS. The van der Waals surface area contributed by atoms with Gasteiger partial charge in [0.05, 0.1) is 6.04 Å². The Morgan fingerprint density at radius 1 is 1.62 bits per heavy atom. The Balaban J connectivity index is 1.83. The first-order chi connectivity index (χ1) is 6.20. The topological polar surface area (TPSA) is 41.1 Å². The van der Waals surface area contributed by atoms with Gasteiger partial charge in [0.15, 0.2) is 0 Å². The highest BCUT2D eigenvalue weighted by atomic mass is 32.2. The van der Waals surface area contributed by atoms with E-state index in [1.54, 1.807) is 11.8 Å². The molecule has 1 saturated heterocycles. The maximum Gasteiger partial charge on any atom is 0.238 e. The van der Waals surface area contributed by atoms with E-state index in [9.17, 15) is 4.79 Å². The van der Waals surface area contributed by atoms with Gasteiger partial charge in [-0.1, -0.05) is 0 Å². The molecule has 0 aromatic rings. The number of thioether (sulfide) groups is 1. The second-order valence-electron chi connectivity index (χ2n) is 4.18. The van der Waals surface area contributed by atoms with Crippen molar-refractivity contribution in [1.29, 1.82) is 0 Å². The van der Waals surface area contributed by atoms with Gasteiger partial charge in [0, 0.05) is 17.2 Å². The van der Waals surface area contributed by atoms with E-state index in [-0.39, 0.29) is 17.5 Å². The van der Waals surface area contributed by atoms with E-state index in [2.05, 4.69) is 17.6 Å². The van der Waals surface area contributed by atoms with E-state index in [4.69, 9.17) is 0 Å². The van der Waals surface area contributed by atoms with E-state index in [0.717, 1.165) is 24.5 Å². The molecule has 0 aromatic carbocycles. The molecule has 1 saturated carbocycles. The van der Waals surface area contributed by atoms with Crippen molar-refractivity contribution < 1.29 is 4.79 Å². The van der Waals surface area contributed by atoms with Crippen molar-refractivity contribution in [3.05, 3.63) is 0 Å². The molecule has 1 atom stereocenters. The molecule has 2 rings (SSSR count). The zero-order chi connectivity index (χ0) is 9.31. The third kappa shape index (κ3) is 1.99. The predicted molar refractivity (Wildman–Crippen MR) is 54.6 cm³/mol. The van der Waals surface area contributed by atoms with Crippen LogP contribution in [0.15, 0.2) is 0 Å². The van der Waals surface area contributed by atoms with Gasteiger partial charge in [-0.3, -0.25) is 10.1 Å². The Labute approximate surface area is 83.0 Å². The number of rotatable bonds is 2. The van der Waals surface area contributed by atoms with Crippen molar-refractivity contribution in [3.8, 4) is 0 Å². The van der Waals surface area contributed by atoms with Crippen LogP contribution in [-0.2, 0) is 4.79 Å². The highest BCUT2D eigenvalue weighted by molar-refractivity contribution is 7.99. The minimum absolute atomic E-state index is 0.0439. The summed E-state index contributed by atoms with van der Waals surface area (Å²) in [4.78, 5) is 11.7. The van der Waals surface area contributed by atoms with Gasteiger partial charge in [0.1, 0.15) is 0 Å². The maximum atomic E-state index is 11.7. The monoisotopic (exact) mass is 200 g/mol. The average Bonchev–Trinajstić information content (AvgIpc) is 2.53. The van der Waals surface area contributed by atoms with E-state index < -0.39 is 0 Å². The first-order valence-electron chi connectivity index (χ1n) is 4.83. The first-order valence-corrected chi connectivity index (χ1v) is 5.98.